The van der Waals surface area contributed by atoms with Crippen molar-refractivity contribution >= 4 is 38.6 Å². The number of hydrogen-bond donors (Lipinski definition) is 1. The van der Waals surface area contributed by atoms with Crippen LogP contribution >= 0.6 is 11.3 Å². The van der Waals surface area contributed by atoms with E-state index in [2.05, 4.69) is 25.2 Å². The Morgan fingerprint density at radius 1 is 1.25 bits per heavy atom. The van der Waals surface area contributed by atoms with Crippen LogP contribution in [0, 0.1) is 6.92 Å². The summed E-state index contributed by atoms with van der Waals surface area (Å²) in [5.41, 5.74) is 3.35. The zero-order valence-corrected chi connectivity index (χ0v) is 11.3. The molecule has 0 aliphatic rings. The summed E-state index contributed by atoms with van der Waals surface area (Å²) >= 11 is 1.44. The first kappa shape index (κ1) is 11.3. The lowest BCUT2D eigenvalue weighted by Crippen LogP contribution is -2.07. The summed E-state index contributed by atoms with van der Waals surface area (Å²) < 4.78 is 5.63. The summed E-state index contributed by atoms with van der Waals surface area (Å²) in [7, 11) is 0. The summed E-state index contributed by atoms with van der Waals surface area (Å²) in [5, 5.41) is 11.7. The van der Waals surface area contributed by atoms with Crippen LogP contribution in [0.4, 0.5) is 5.13 Å². The Bertz CT molecular complexity index is 981. The molecule has 1 aromatic carbocycles. The van der Waals surface area contributed by atoms with Gasteiger partial charge >= 0.3 is 5.68 Å². The zero-order chi connectivity index (χ0) is 13.5. The van der Waals surface area contributed by atoms with E-state index in [4.69, 9.17) is 4.42 Å². The van der Waals surface area contributed by atoms with E-state index in [-0.39, 0.29) is 5.68 Å². The molecule has 3 aromatic heterocycles. The summed E-state index contributed by atoms with van der Waals surface area (Å²) in [6.45, 7) is 1.92. The van der Waals surface area contributed by atoms with Crippen LogP contribution < -0.4 is 5.68 Å². The third kappa shape index (κ3) is 1.79. The molecule has 7 heteroatoms. The number of para-hydroxylation sites is 1. The maximum Gasteiger partial charge on any atom is 0.345 e. The Labute approximate surface area is 116 Å². The number of hydrogen-bond acceptors (Lipinski definition) is 6. The molecular formula is C13H9N5OS. The van der Waals surface area contributed by atoms with Gasteiger partial charge in [-0.25, -0.2) is 4.98 Å². The van der Waals surface area contributed by atoms with E-state index in [0.717, 1.165) is 16.6 Å². The van der Waals surface area contributed by atoms with Gasteiger partial charge < -0.3 is 9.40 Å². The van der Waals surface area contributed by atoms with Gasteiger partial charge in [-0.3, -0.25) is 0 Å². The highest BCUT2D eigenvalue weighted by atomic mass is 32.1. The average Bonchev–Trinajstić information content (AvgIpc) is 3.01. The van der Waals surface area contributed by atoms with Gasteiger partial charge in [0.15, 0.2) is 5.52 Å². The van der Waals surface area contributed by atoms with Crippen LogP contribution in [0.25, 0.3) is 22.1 Å². The lowest BCUT2D eigenvalue weighted by molar-refractivity contribution is 0.491. The number of aromatic nitrogens is 4. The number of aryl methyl sites for hydroxylation is 1. The largest absolute Gasteiger partial charge is 0.404 e. The van der Waals surface area contributed by atoms with Gasteiger partial charge in [-0.15, -0.1) is 16.4 Å². The van der Waals surface area contributed by atoms with Gasteiger partial charge in [-0.1, -0.05) is 23.3 Å². The third-order valence-electron chi connectivity index (χ3n) is 2.87. The summed E-state index contributed by atoms with van der Waals surface area (Å²) in [6, 6.07) is 7.84. The Hall–Kier alpha value is -2.54. The minimum absolute atomic E-state index is 0.193. The molecule has 0 saturated heterocycles. The molecule has 0 aliphatic carbocycles. The van der Waals surface area contributed by atoms with E-state index in [1.54, 1.807) is 0 Å². The lowest BCUT2D eigenvalue weighted by atomic mass is 10.2. The fraction of sp³-hybridized carbons (Fsp3) is 0.0769. The molecule has 4 aromatic rings. The van der Waals surface area contributed by atoms with E-state index in [0.29, 0.717) is 16.4 Å². The third-order valence-corrected chi connectivity index (χ3v) is 3.72. The van der Waals surface area contributed by atoms with Crippen molar-refractivity contribution in [3.8, 4) is 0 Å². The molecule has 0 aliphatic heterocycles. The molecule has 0 amide bonds. The van der Waals surface area contributed by atoms with Gasteiger partial charge in [-0.2, -0.15) is 4.99 Å². The minimum Gasteiger partial charge on any atom is -0.404 e. The molecule has 0 bridgehead atoms. The monoisotopic (exact) mass is 283 g/mol. The Kier molecular flexibility index (Phi) is 2.40. The zero-order valence-electron chi connectivity index (χ0n) is 10.5. The smallest absolute Gasteiger partial charge is 0.345 e. The second-order valence-electron chi connectivity index (χ2n) is 4.32. The molecule has 6 nitrogen and oxygen atoms in total. The predicted octanol–water partition coefficient (Wildman–Crippen LogP) is 2.70. The molecule has 0 saturated carbocycles. The second-order valence-corrected chi connectivity index (χ2v) is 5.15. The number of fused-ring (bicyclic) bond motifs is 3. The van der Waals surface area contributed by atoms with Crippen LogP contribution in [0.2, 0.25) is 0 Å². The van der Waals surface area contributed by atoms with Crippen LogP contribution in [0.3, 0.4) is 0 Å². The topological polar surface area (TPSA) is 80.0 Å². The molecular weight excluding hydrogens is 274 g/mol. The normalized spacial score (nSPS) is 12.6. The molecule has 0 atom stereocenters. The second kappa shape index (κ2) is 4.24. The Morgan fingerprint density at radius 2 is 2.15 bits per heavy atom. The molecule has 0 unspecified atom stereocenters. The molecule has 98 valence electrons. The van der Waals surface area contributed by atoms with Crippen molar-refractivity contribution in [1.29, 1.82) is 0 Å². The van der Waals surface area contributed by atoms with E-state index < -0.39 is 0 Å². The van der Waals surface area contributed by atoms with Gasteiger partial charge in [0.2, 0.25) is 10.8 Å². The van der Waals surface area contributed by atoms with Crippen molar-refractivity contribution in [2.45, 2.75) is 6.92 Å². The van der Waals surface area contributed by atoms with Gasteiger partial charge in [0.1, 0.15) is 0 Å². The fourth-order valence-corrected chi connectivity index (χ4v) is 2.66. The number of rotatable bonds is 1. The molecule has 20 heavy (non-hydrogen) atoms. The van der Waals surface area contributed by atoms with E-state index >= 15 is 0 Å². The Morgan fingerprint density at radius 3 is 3.00 bits per heavy atom. The van der Waals surface area contributed by atoms with Crippen molar-refractivity contribution in [3.63, 3.8) is 0 Å². The van der Waals surface area contributed by atoms with E-state index in [9.17, 15) is 0 Å². The Balaban J connectivity index is 1.94. The fourth-order valence-electron chi connectivity index (χ4n) is 2.00. The van der Waals surface area contributed by atoms with Crippen molar-refractivity contribution in [2.75, 3.05) is 0 Å². The molecule has 0 spiro atoms. The SMILES string of the molecule is Cc1csc(/N=c2\nnc3c([nH]c4ccccc43)o2)n1. The summed E-state index contributed by atoms with van der Waals surface area (Å²) in [6.07, 6.45) is 0. The quantitative estimate of drug-likeness (QED) is 0.582. The van der Waals surface area contributed by atoms with Crippen molar-refractivity contribution in [3.05, 3.63) is 41.0 Å². The highest BCUT2D eigenvalue weighted by molar-refractivity contribution is 7.13. The number of thiazole rings is 1. The molecule has 0 fully saturated rings. The average molecular weight is 283 g/mol. The first-order chi connectivity index (χ1) is 9.79. The van der Waals surface area contributed by atoms with Crippen LogP contribution in [-0.2, 0) is 0 Å². The molecule has 0 radical (unpaired) electrons. The van der Waals surface area contributed by atoms with Gasteiger partial charge in [-0.05, 0) is 13.0 Å². The number of nitrogens with one attached hydrogen (secondary N) is 1. The standard InChI is InChI=1S/C13H9N5OS/c1-7-6-20-13(14-7)16-12-18-17-10-8-4-2-3-5-9(8)15-11(10)19-12/h2-6,15H,1H3/b16-12+. The lowest BCUT2D eigenvalue weighted by Gasteiger charge is -1.88. The van der Waals surface area contributed by atoms with Crippen LogP contribution in [0.1, 0.15) is 5.69 Å². The molecule has 1 N–H and O–H groups in total. The van der Waals surface area contributed by atoms with Gasteiger partial charge in [0.25, 0.3) is 0 Å². The maximum atomic E-state index is 5.63. The molecule has 3 heterocycles. The highest BCUT2D eigenvalue weighted by Crippen LogP contribution is 2.21. The van der Waals surface area contributed by atoms with Crippen molar-refractivity contribution in [2.24, 2.45) is 4.99 Å². The van der Waals surface area contributed by atoms with Crippen LogP contribution in [0.15, 0.2) is 39.1 Å². The van der Waals surface area contributed by atoms with Crippen LogP contribution in [-0.4, -0.2) is 20.2 Å². The molecule has 4 rings (SSSR count). The first-order valence-electron chi connectivity index (χ1n) is 6.01. The van der Waals surface area contributed by atoms with E-state index in [1.165, 1.54) is 11.3 Å². The van der Waals surface area contributed by atoms with Crippen molar-refractivity contribution in [1.82, 2.24) is 20.2 Å². The summed E-state index contributed by atoms with van der Waals surface area (Å²) in [5.74, 6) is 0. The minimum atomic E-state index is 0.193. The number of benzene rings is 1. The highest BCUT2D eigenvalue weighted by Gasteiger charge is 2.07. The summed E-state index contributed by atoms with van der Waals surface area (Å²) in [4.78, 5) is 11.6. The van der Waals surface area contributed by atoms with Gasteiger partial charge in [0.05, 0.1) is 11.2 Å². The predicted molar refractivity (Wildman–Crippen MR) is 75.7 cm³/mol. The maximum absolute atomic E-state index is 5.63. The first-order valence-corrected chi connectivity index (χ1v) is 6.89. The number of H-pyrrole nitrogens is 1. The van der Waals surface area contributed by atoms with Crippen molar-refractivity contribution < 1.29 is 4.42 Å². The van der Waals surface area contributed by atoms with E-state index in [1.807, 2.05) is 36.6 Å². The number of aromatic amines is 1. The van der Waals surface area contributed by atoms with Crippen LogP contribution in [0.5, 0.6) is 0 Å². The number of nitrogens with zero attached hydrogens (tertiary/aromatic N) is 4. The van der Waals surface area contributed by atoms with Gasteiger partial charge in [0, 0.05) is 10.8 Å².